The van der Waals surface area contributed by atoms with Crippen molar-refractivity contribution in [3.63, 3.8) is 0 Å². The number of nitrogens with one attached hydrogen (secondary N) is 2. The van der Waals surface area contributed by atoms with E-state index in [1.807, 2.05) is 0 Å². The maximum Gasteiger partial charge on any atom is 0.242 e. The molecule has 0 saturated carbocycles. The van der Waals surface area contributed by atoms with E-state index in [4.69, 9.17) is 29.6 Å². The third kappa shape index (κ3) is 3.80. The Morgan fingerprint density at radius 3 is 2.56 bits per heavy atom. The zero-order valence-corrected chi connectivity index (χ0v) is 11.1. The predicted molar refractivity (Wildman–Crippen MR) is 71.3 cm³/mol. The molecule has 0 radical (unpaired) electrons. The summed E-state index contributed by atoms with van der Waals surface area (Å²) in [4.78, 5) is 11.6. The molecule has 0 aliphatic carbocycles. The Labute approximate surface area is 115 Å². The smallest absolute Gasteiger partial charge is 0.242 e. The van der Waals surface area contributed by atoms with Gasteiger partial charge in [-0.2, -0.15) is 0 Å². The molecule has 6 heteroatoms. The third-order valence-corrected chi connectivity index (χ3v) is 2.72. The highest BCUT2D eigenvalue weighted by molar-refractivity contribution is 6.39. The molecular weight excluding hydrogens is 278 g/mol. The lowest BCUT2D eigenvalue weighted by atomic mass is 10.2. The van der Waals surface area contributed by atoms with Crippen LogP contribution in [-0.4, -0.2) is 18.5 Å². The van der Waals surface area contributed by atoms with Crippen molar-refractivity contribution in [2.45, 2.75) is 13.0 Å². The van der Waals surface area contributed by atoms with Crippen LogP contribution in [0.2, 0.25) is 10.0 Å². The van der Waals surface area contributed by atoms with Gasteiger partial charge in [0, 0.05) is 0 Å². The standard InChI is InChI=1S/C12H11Cl2FN2O/c1-3-4-16-12(18)7(2)17-11-9(13)5-8(15)6-10(11)14/h1,5-7,17H,4H2,2H3,(H,16,18). The molecule has 18 heavy (non-hydrogen) atoms. The lowest BCUT2D eigenvalue weighted by molar-refractivity contribution is -0.121. The summed E-state index contributed by atoms with van der Waals surface area (Å²) in [5.41, 5.74) is 0.308. The number of halogens is 3. The molecule has 1 amide bonds. The quantitative estimate of drug-likeness (QED) is 0.837. The van der Waals surface area contributed by atoms with E-state index < -0.39 is 11.9 Å². The van der Waals surface area contributed by atoms with Crippen LogP contribution in [0.1, 0.15) is 6.92 Å². The average Bonchev–Trinajstić information content (AvgIpc) is 2.30. The summed E-state index contributed by atoms with van der Waals surface area (Å²) in [7, 11) is 0. The van der Waals surface area contributed by atoms with Gasteiger partial charge in [0.1, 0.15) is 11.9 Å². The van der Waals surface area contributed by atoms with Crippen LogP contribution in [0.15, 0.2) is 12.1 Å². The van der Waals surface area contributed by atoms with Gasteiger partial charge in [-0.15, -0.1) is 6.42 Å². The summed E-state index contributed by atoms with van der Waals surface area (Å²) < 4.78 is 13.0. The molecule has 3 nitrogen and oxygen atoms in total. The van der Waals surface area contributed by atoms with Crippen molar-refractivity contribution in [3.8, 4) is 12.3 Å². The number of carbonyl (C=O) groups excluding carboxylic acids is 1. The van der Waals surface area contributed by atoms with E-state index >= 15 is 0 Å². The number of rotatable bonds is 4. The Morgan fingerprint density at radius 2 is 2.06 bits per heavy atom. The molecule has 96 valence electrons. The minimum Gasteiger partial charge on any atom is -0.371 e. The van der Waals surface area contributed by atoms with E-state index in [1.54, 1.807) is 6.92 Å². The van der Waals surface area contributed by atoms with Crippen LogP contribution in [0.5, 0.6) is 0 Å². The Bertz CT molecular complexity index is 476. The topological polar surface area (TPSA) is 41.1 Å². The van der Waals surface area contributed by atoms with Crippen molar-refractivity contribution in [2.75, 3.05) is 11.9 Å². The van der Waals surface area contributed by atoms with Crippen LogP contribution in [0.25, 0.3) is 0 Å². The van der Waals surface area contributed by atoms with Gasteiger partial charge in [-0.25, -0.2) is 4.39 Å². The molecule has 0 aliphatic heterocycles. The maximum atomic E-state index is 13.0. The number of hydrogen-bond donors (Lipinski definition) is 2. The fourth-order valence-corrected chi connectivity index (χ4v) is 1.82. The fraction of sp³-hybridized carbons (Fsp3) is 0.250. The van der Waals surface area contributed by atoms with E-state index in [0.717, 1.165) is 12.1 Å². The predicted octanol–water partition coefficient (Wildman–Crippen LogP) is 2.68. The summed E-state index contributed by atoms with van der Waals surface area (Å²) in [6, 6.07) is 1.63. The molecular formula is C12H11Cl2FN2O. The lowest BCUT2D eigenvalue weighted by Crippen LogP contribution is -2.37. The number of benzene rings is 1. The Hall–Kier alpha value is -1.44. The fourth-order valence-electron chi connectivity index (χ4n) is 1.25. The minimum absolute atomic E-state index is 0.108. The zero-order valence-electron chi connectivity index (χ0n) is 9.56. The Balaban J connectivity index is 2.79. The van der Waals surface area contributed by atoms with Crippen LogP contribution in [0, 0.1) is 18.2 Å². The van der Waals surface area contributed by atoms with Crippen LogP contribution in [-0.2, 0) is 4.79 Å². The van der Waals surface area contributed by atoms with Gasteiger partial charge in [0.2, 0.25) is 5.91 Å². The highest BCUT2D eigenvalue weighted by atomic mass is 35.5. The van der Waals surface area contributed by atoms with Gasteiger partial charge in [0.05, 0.1) is 22.3 Å². The van der Waals surface area contributed by atoms with E-state index in [1.165, 1.54) is 0 Å². The first-order chi connectivity index (χ1) is 8.45. The highest BCUT2D eigenvalue weighted by Gasteiger charge is 2.16. The van der Waals surface area contributed by atoms with Crippen molar-refractivity contribution in [1.82, 2.24) is 5.32 Å². The summed E-state index contributed by atoms with van der Waals surface area (Å²) in [6.07, 6.45) is 5.03. The lowest BCUT2D eigenvalue weighted by Gasteiger charge is -2.16. The van der Waals surface area contributed by atoms with Crippen LogP contribution in [0.3, 0.4) is 0 Å². The second kappa shape index (κ2) is 6.48. The molecule has 1 aromatic rings. The zero-order chi connectivity index (χ0) is 13.7. The van der Waals surface area contributed by atoms with Crippen molar-refractivity contribution in [3.05, 3.63) is 28.0 Å². The van der Waals surface area contributed by atoms with E-state index in [2.05, 4.69) is 16.6 Å². The first kappa shape index (κ1) is 14.6. The SMILES string of the molecule is C#CCNC(=O)C(C)Nc1c(Cl)cc(F)cc1Cl. The molecule has 0 fully saturated rings. The molecule has 2 N–H and O–H groups in total. The molecule has 1 aromatic carbocycles. The molecule has 1 unspecified atom stereocenters. The number of terminal acetylenes is 1. The second-order valence-electron chi connectivity index (χ2n) is 3.53. The summed E-state index contributed by atoms with van der Waals surface area (Å²) in [6.45, 7) is 1.75. The van der Waals surface area contributed by atoms with E-state index in [0.29, 0.717) is 5.69 Å². The monoisotopic (exact) mass is 288 g/mol. The second-order valence-corrected chi connectivity index (χ2v) is 4.35. The number of carbonyl (C=O) groups is 1. The third-order valence-electron chi connectivity index (χ3n) is 2.13. The molecule has 0 saturated heterocycles. The van der Waals surface area contributed by atoms with Crippen LogP contribution < -0.4 is 10.6 Å². The molecule has 0 bridgehead atoms. The van der Waals surface area contributed by atoms with Crippen molar-refractivity contribution in [2.24, 2.45) is 0 Å². The van der Waals surface area contributed by atoms with Gasteiger partial charge in [0.25, 0.3) is 0 Å². The largest absolute Gasteiger partial charge is 0.371 e. The first-order valence-corrected chi connectivity index (χ1v) is 5.83. The van der Waals surface area contributed by atoms with Crippen LogP contribution in [0.4, 0.5) is 10.1 Å². The summed E-state index contributed by atoms with van der Waals surface area (Å²) in [5, 5.41) is 5.52. The normalized spacial score (nSPS) is 11.5. The molecule has 1 atom stereocenters. The number of hydrogen-bond acceptors (Lipinski definition) is 2. The summed E-state index contributed by atoms with van der Waals surface area (Å²) >= 11 is 11.7. The van der Waals surface area contributed by atoms with Gasteiger partial charge >= 0.3 is 0 Å². The van der Waals surface area contributed by atoms with Crippen molar-refractivity contribution in [1.29, 1.82) is 0 Å². The highest BCUT2D eigenvalue weighted by Crippen LogP contribution is 2.31. The van der Waals surface area contributed by atoms with Gasteiger partial charge in [0.15, 0.2) is 0 Å². The molecule has 0 aliphatic rings. The summed E-state index contributed by atoms with van der Waals surface area (Å²) in [5.74, 6) is 1.44. The molecule has 0 heterocycles. The molecule has 0 aromatic heterocycles. The maximum absolute atomic E-state index is 13.0. The van der Waals surface area contributed by atoms with Gasteiger partial charge in [-0.05, 0) is 19.1 Å². The van der Waals surface area contributed by atoms with Gasteiger partial charge in [-0.1, -0.05) is 29.1 Å². The van der Waals surface area contributed by atoms with Crippen LogP contribution >= 0.6 is 23.2 Å². The van der Waals surface area contributed by atoms with E-state index in [9.17, 15) is 9.18 Å². The van der Waals surface area contributed by atoms with Crippen molar-refractivity contribution < 1.29 is 9.18 Å². The molecule has 1 rings (SSSR count). The Morgan fingerprint density at radius 1 is 1.50 bits per heavy atom. The number of anilines is 1. The van der Waals surface area contributed by atoms with Crippen molar-refractivity contribution >= 4 is 34.8 Å². The first-order valence-electron chi connectivity index (χ1n) is 5.08. The minimum atomic E-state index is -0.598. The van der Waals surface area contributed by atoms with E-state index in [-0.39, 0.29) is 22.5 Å². The Kier molecular flexibility index (Phi) is 5.26. The number of amides is 1. The van der Waals surface area contributed by atoms with Gasteiger partial charge < -0.3 is 10.6 Å². The average molecular weight is 289 g/mol. The molecule has 0 spiro atoms. The van der Waals surface area contributed by atoms with Gasteiger partial charge in [-0.3, -0.25) is 4.79 Å².